The number of amides is 1. The van der Waals surface area contributed by atoms with E-state index in [9.17, 15) is 23.1 Å². The Labute approximate surface area is 165 Å². The molecule has 9 heteroatoms. The molecule has 0 aliphatic carbocycles. The zero-order chi connectivity index (χ0) is 20.5. The van der Waals surface area contributed by atoms with E-state index in [4.69, 9.17) is 11.6 Å². The van der Waals surface area contributed by atoms with Gasteiger partial charge in [-0.2, -0.15) is 13.2 Å². The second kappa shape index (κ2) is 7.75. The minimum Gasteiger partial charge on any atom is -0.374 e. The Morgan fingerprint density at radius 1 is 1.36 bits per heavy atom. The molecule has 28 heavy (non-hydrogen) atoms. The molecule has 1 aromatic carbocycles. The fourth-order valence-electron chi connectivity index (χ4n) is 3.68. The van der Waals surface area contributed by atoms with E-state index < -0.39 is 29.9 Å². The van der Waals surface area contributed by atoms with Crippen LogP contribution in [-0.4, -0.2) is 44.2 Å². The second-order valence-electron chi connectivity index (χ2n) is 7.08. The third-order valence-corrected chi connectivity index (χ3v) is 5.55. The van der Waals surface area contributed by atoms with Crippen LogP contribution in [0.15, 0.2) is 36.7 Å². The van der Waals surface area contributed by atoms with Crippen molar-refractivity contribution in [3.8, 4) is 0 Å². The van der Waals surface area contributed by atoms with E-state index >= 15 is 0 Å². The van der Waals surface area contributed by atoms with Crippen LogP contribution >= 0.6 is 11.6 Å². The molecule has 2 aromatic rings. The van der Waals surface area contributed by atoms with Crippen molar-refractivity contribution < 1.29 is 23.1 Å². The molecule has 0 bridgehead atoms. The molecule has 3 rings (SSSR count). The lowest BCUT2D eigenvalue weighted by Gasteiger charge is -2.32. The molecule has 2 atom stereocenters. The number of alkyl halides is 3. The highest BCUT2D eigenvalue weighted by Gasteiger charge is 2.59. The molecule has 1 amide bonds. The van der Waals surface area contributed by atoms with Crippen LogP contribution in [-0.2, 0) is 23.9 Å². The first-order valence-electron chi connectivity index (χ1n) is 8.93. The number of halogens is 4. The number of imidazole rings is 1. The monoisotopic (exact) mass is 415 g/mol. The van der Waals surface area contributed by atoms with E-state index in [0.29, 0.717) is 30.8 Å². The Morgan fingerprint density at radius 3 is 2.68 bits per heavy atom. The van der Waals surface area contributed by atoms with Crippen LogP contribution in [0.2, 0.25) is 5.02 Å². The Morgan fingerprint density at radius 2 is 2.07 bits per heavy atom. The highest BCUT2D eigenvalue weighted by molar-refractivity contribution is 6.31. The van der Waals surface area contributed by atoms with E-state index in [1.807, 2.05) is 12.1 Å². The van der Waals surface area contributed by atoms with Gasteiger partial charge in [-0.15, -0.1) is 0 Å². The van der Waals surface area contributed by atoms with Crippen molar-refractivity contribution >= 4 is 17.5 Å². The number of carbonyl (C=O) groups excluding carboxylic acids is 1. The van der Waals surface area contributed by atoms with Crippen molar-refractivity contribution in [1.82, 2.24) is 14.5 Å². The summed E-state index contributed by atoms with van der Waals surface area (Å²) in [6.45, 7) is 0.350. The lowest BCUT2D eigenvalue weighted by atomic mass is 9.96. The van der Waals surface area contributed by atoms with Gasteiger partial charge in [-0.05, 0) is 30.9 Å². The summed E-state index contributed by atoms with van der Waals surface area (Å²) < 4.78 is 42.2. The zero-order valence-corrected chi connectivity index (χ0v) is 16.0. The molecule has 1 saturated heterocycles. The van der Waals surface area contributed by atoms with Crippen molar-refractivity contribution in [2.24, 2.45) is 7.05 Å². The number of carbonyl (C=O) groups is 1. The van der Waals surface area contributed by atoms with E-state index in [0.717, 1.165) is 16.3 Å². The number of nitrogens with zero attached hydrogens (tertiary/aromatic N) is 3. The van der Waals surface area contributed by atoms with E-state index in [2.05, 4.69) is 4.98 Å². The first-order valence-corrected chi connectivity index (χ1v) is 9.31. The maximum Gasteiger partial charge on any atom is 0.425 e. The number of rotatable bonds is 5. The molecule has 0 unspecified atom stereocenters. The molecule has 152 valence electrons. The third-order valence-electron chi connectivity index (χ3n) is 5.18. The van der Waals surface area contributed by atoms with Crippen LogP contribution in [0.25, 0.3) is 0 Å². The maximum atomic E-state index is 13.7. The number of benzene rings is 1. The smallest absolute Gasteiger partial charge is 0.374 e. The number of aromatic nitrogens is 2. The number of likely N-dealkylation sites (tertiary alicyclic amines) is 1. The number of hydrogen-bond donors (Lipinski definition) is 1. The topological polar surface area (TPSA) is 58.4 Å². The molecule has 1 aliphatic rings. The lowest BCUT2D eigenvalue weighted by Crippen LogP contribution is -2.49. The highest BCUT2D eigenvalue weighted by Crippen LogP contribution is 2.41. The van der Waals surface area contributed by atoms with Gasteiger partial charge < -0.3 is 14.6 Å². The summed E-state index contributed by atoms with van der Waals surface area (Å²) in [6, 6.07) is 6.93. The summed E-state index contributed by atoms with van der Waals surface area (Å²) in [5.41, 5.74) is -2.51. The molecule has 1 aromatic heterocycles. The quantitative estimate of drug-likeness (QED) is 0.813. The molecule has 0 radical (unpaired) electrons. The van der Waals surface area contributed by atoms with Gasteiger partial charge in [-0.3, -0.25) is 4.79 Å². The molecule has 1 N–H and O–H groups in total. The molecule has 0 spiro atoms. The van der Waals surface area contributed by atoms with Gasteiger partial charge in [0, 0.05) is 37.1 Å². The maximum absolute atomic E-state index is 13.7. The van der Waals surface area contributed by atoms with Crippen molar-refractivity contribution in [1.29, 1.82) is 0 Å². The molecule has 0 saturated carbocycles. The number of hydrogen-bond acceptors (Lipinski definition) is 3. The Bertz CT molecular complexity index is 855. The van der Waals surface area contributed by atoms with Gasteiger partial charge in [0.15, 0.2) is 5.82 Å². The van der Waals surface area contributed by atoms with Crippen molar-refractivity contribution in [2.75, 3.05) is 6.54 Å². The van der Waals surface area contributed by atoms with Crippen LogP contribution in [0.3, 0.4) is 0 Å². The zero-order valence-electron chi connectivity index (χ0n) is 15.3. The van der Waals surface area contributed by atoms with Crippen LogP contribution < -0.4 is 0 Å². The van der Waals surface area contributed by atoms with Crippen LogP contribution in [0, 0.1) is 0 Å². The minimum atomic E-state index is -5.04. The van der Waals surface area contributed by atoms with Crippen molar-refractivity contribution in [2.45, 2.75) is 43.5 Å². The number of aliphatic hydroxyl groups is 1. The van der Waals surface area contributed by atoms with Crippen LogP contribution in [0.1, 0.15) is 30.7 Å². The first kappa shape index (κ1) is 20.7. The molecular formula is C19H21ClF3N3O2. The fraction of sp³-hybridized carbons (Fsp3) is 0.474. The number of aryl methyl sites for hydroxylation is 1. The van der Waals surface area contributed by atoms with Gasteiger partial charge >= 0.3 is 6.18 Å². The van der Waals surface area contributed by atoms with Gasteiger partial charge in [-0.25, -0.2) is 4.98 Å². The van der Waals surface area contributed by atoms with Gasteiger partial charge in [0.05, 0.1) is 6.42 Å². The largest absolute Gasteiger partial charge is 0.425 e. The second-order valence-corrected chi connectivity index (χ2v) is 7.48. The third kappa shape index (κ3) is 3.89. The lowest BCUT2D eigenvalue weighted by molar-refractivity contribution is -0.272. The van der Waals surface area contributed by atoms with E-state index in [-0.39, 0.29) is 6.04 Å². The minimum absolute atomic E-state index is 0.258. The normalized spacial score (nSPS) is 19.6. The summed E-state index contributed by atoms with van der Waals surface area (Å²) in [6.07, 6.45) is -1.88. The van der Waals surface area contributed by atoms with Crippen LogP contribution in [0.4, 0.5) is 13.2 Å². The summed E-state index contributed by atoms with van der Waals surface area (Å²) in [4.78, 5) is 17.9. The molecular weight excluding hydrogens is 395 g/mol. The van der Waals surface area contributed by atoms with E-state index in [1.165, 1.54) is 18.1 Å². The van der Waals surface area contributed by atoms with Crippen LogP contribution in [0.5, 0.6) is 0 Å². The molecule has 1 aliphatic heterocycles. The summed E-state index contributed by atoms with van der Waals surface area (Å²) in [7, 11) is 1.35. The molecule has 2 heterocycles. The first-order chi connectivity index (χ1) is 13.1. The Hall–Kier alpha value is -2.06. The average molecular weight is 416 g/mol. The Balaban J connectivity index is 1.82. The predicted octanol–water partition coefficient (Wildman–Crippen LogP) is 3.45. The van der Waals surface area contributed by atoms with Gasteiger partial charge in [0.1, 0.15) is 0 Å². The van der Waals surface area contributed by atoms with Crippen molar-refractivity contribution in [3.05, 3.63) is 53.1 Å². The van der Waals surface area contributed by atoms with Gasteiger partial charge in [0.25, 0.3) is 0 Å². The average Bonchev–Trinajstić information content (AvgIpc) is 3.25. The summed E-state index contributed by atoms with van der Waals surface area (Å²) >= 11 is 6.18. The summed E-state index contributed by atoms with van der Waals surface area (Å²) in [5, 5.41) is 11.0. The SMILES string of the molecule is Cn1ccnc1[C@](O)(CC(=O)N1CCC[C@H]1Cc1ccccc1Cl)C(F)(F)F. The standard InChI is InChI=1S/C19H21ClF3N3O2/c1-25-10-8-24-17(25)18(28,19(21,22)23)12-16(27)26-9-4-6-14(26)11-13-5-2-3-7-15(13)20/h2-3,5,7-8,10,14,28H,4,6,9,11-12H2,1H3/t14-,18+/m0/s1. The Kier molecular flexibility index (Phi) is 5.72. The fourth-order valence-corrected chi connectivity index (χ4v) is 3.90. The predicted molar refractivity (Wildman–Crippen MR) is 97.7 cm³/mol. The molecule has 5 nitrogen and oxygen atoms in total. The molecule has 1 fully saturated rings. The van der Waals surface area contributed by atoms with Crippen molar-refractivity contribution in [3.63, 3.8) is 0 Å². The van der Waals surface area contributed by atoms with Gasteiger partial charge in [-0.1, -0.05) is 29.8 Å². The van der Waals surface area contributed by atoms with Gasteiger partial charge in [0.2, 0.25) is 11.5 Å². The summed E-state index contributed by atoms with van der Waals surface area (Å²) in [5.74, 6) is -1.35. The van der Waals surface area contributed by atoms with E-state index in [1.54, 1.807) is 12.1 Å². The highest BCUT2D eigenvalue weighted by atomic mass is 35.5.